The van der Waals surface area contributed by atoms with Crippen LogP contribution in [0.2, 0.25) is 0 Å². The Kier molecular flexibility index (Phi) is 4.03. The summed E-state index contributed by atoms with van der Waals surface area (Å²) in [6, 6.07) is 17.6. The predicted molar refractivity (Wildman–Crippen MR) is 98.7 cm³/mol. The Bertz CT molecular complexity index is 965. The van der Waals surface area contributed by atoms with Crippen LogP contribution in [0.25, 0.3) is 0 Å². The summed E-state index contributed by atoms with van der Waals surface area (Å²) in [5, 5.41) is 7.61. The lowest BCUT2D eigenvalue weighted by Gasteiger charge is -2.21. The summed E-state index contributed by atoms with van der Waals surface area (Å²) in [5.74, 6) is -0.137. The molecule has 0 radical (unpaired) electrons. The van der Waals surface area contributed by atoms with E-state index >= 15 is 0 Å². The van der Waals surface area contributed by atoms with Gasteiger partial charge >= 0.3 is 5.91 Å². The van der Waals surface area contributed by atoms with Crippen molar-refractivity contribution in [2.24, 2.45) is 5.10 Å². The summed E-state index contributed by atoms with van der Waals surface area (Å²) in [7, 11) is 0. The number of carbonyl (C=O) groups is 1. The summed E-state index contributed by atoms with van der Waals surface area (Å²) >= 11 is 1.73. The van der Waals surface area contributed by atoms with Crippen molar-refractivity contribution >= 4 is 34.8 Å². The van der Waals surface area contributed by atoms with Crippen molar-refractivity contribution in [1.82, 2.24) is 5.43 Å². The van der Waals surface area contributed by atoms with E-state index in [1.54, 1.807) is 23.9 Å². The van der Waals surface area contributed by atoms with Crippen LogP contribution in [0.15, 0.2) is 80.2 Å². The lowest BCUT2D eigenvalue weighted by molar-refractivity contribution is 0.0927. The highest BCUT2D eigenvalue weighted by molar-refractivity contribution is 7.99. The molecule has 6 heteroatoms. The van der Waals surface area contributed by atoms with Gasteiger partial charge in [-0.1, -0.05) is 30.0 Å². The number of amides is 1. The van der Waals surface area contributed by atoms with E-state index < -0.39 is 0 Å². The molecule has 5 nitrogen and oxygen atoms in total. The number of hydrazone groups is 1. The van der Waals surface area contributed by atoms with Crippen molar-refractivity contribution in [1.29, 1.82) is 0 Å². The van der Waals surface area contributed by atoms with Crippen LogP contribution in [0.5, 0.6) is 0 Å². The summed E-state index contributed by atoms with van der Waals surface area (Å²) in [6.45, 7) is 1.86. The van der Waals surface area contributed by atoms with E-state index in [9.17, 15) is 4.79 Å². The first-order chi connectivity index (χ1) is 12.2. The van der Waals surface area contributed by atoms with Crippen molar-refractivity contribution in [3.8, 4) is 0 Å². The van der Waals surface area contributed by atoms with E-state index in [1.165, 1.54) is 11.2 Å². The molecule has 2 N–H and O–H groups in total. The number of hydrogen-bond donors (Lipinski definition) is 2. The maximum absolute atomic E-state index is 11.9. The highest BCUT2D eigenvalue weighted by Gasteiger charge is 2.16. The third-order valence-electron chi connectivity index (χ3n) is 3.84. The molecule has 0 bridgehead atoms. The number of furan rings is 1. The molecule has 0 fully saturated rings. The number of benzene rings is 2. The number of para-hydroxylation sites is 1. The fourth-order valence-electron chi connectivity index (χ4n) is 2.53. The minimum atomic E-state index is -0.370. The zero-order chi connectivity index (χ0) is 17.2. The van der Waals surface area contributed by atoms with Gasteiger partial charge in [-0.3, -0.25) is 4.79 Å². The first kappa shape index (κ1) is 15.5. The Morgan fingerprint density at radius 1 is 1.08 bits per heavy atom. The molecular formula is C19H15N3O2S. The smallest absolute Gasteiger partial charge is 0.307 e. The van der Waals surface area contributed by atoms with E-state index in [-0.39, 0.29) is 11.7 Å². The van der Waals surface area contributed by atoms with E-state index in [2.05, 4.69) is 34.0 Å². The molecule has 2 aromatic carbocycles. The second-order valence-electron chi connectivity index (χ2n) is 5.55. The van der Waals surface area contributed by atoms with Crippen LogP contribution in [-0.4, -0.2) is 11.6 Å². The van der Waals surface area contributed by atoms with Crippen LogP contribution in [0.3, 0.4) is 0 Å². The van der Waals surface area contributed by atoms with E-state index in [1.807, 2.05) is 31.2 Å². The van der Waals surface area contributed by atoms with Gasteiger partial charge in [0.15, 0.2) is 5.76 Å². The molecule has 0 saturated heterocycles. The monoisotopic (exact) mass is 349 g/mol. The van der Waals surface area contributed by atoms with Gasteiger partial charge in [0.1, 0.15) is 0 Å². The second-order valence-corrected chi connectivity index (χ2v) is 6.63. The maximum Gasteiger partial charge on any atom is 0.307 e. The van der Waals surface area contributed by atoms with Gasteiger partial charge in [-0.15, -0.1) is 0 Å². The normalized spacial score (nSPS) is 12.8. The fraction of sp³-hybridized carbons (Fsp3) is 0.0526. The molecule has 0 atom stereocenters. The van der Waals surface area contributed by atoms with Gasteiger partial charge < -0.3 is 9.73 Å². The van der Waals surface area contributed by atoms with Crippen LogP contribution in [0.4, 0.5) is 11.4 Å². The summed E-state index contributed by atoms with van der Waals surface area (Å²) in [5.41, 5.74) is 6.29. The Morgan fingerprint density at radius 3 is 2.76 bits per heavy atom. The van der Waals surface area contributed by atoms with Gasteiger partial charge in [-0.05, 0) is 48.9 Å². The molecule has 1 aliphatic heterocycles. The molecule has 25 heavy (non-hydrogen) atoms. The van der Waals surface area contributed by atoms with E-state index in [4.69, 9.17) is 4.42 Å². The second kappa shape index (κ2) is 6.49. The molecule has 1 amide bonds. The summed E-state index contributed by atoms with van der Waals surface area (Å²) < 4.78 is 5.05. The van der Waals surface area contributed by atoms with Gasteiger partial charge in [-0.25, -0.2) is 5.43 Å². The molecule has 124 valence electrons. The first-order valence-corrected chi connectivity index (χ1v) is 8.59. The standard InChI is InChI=1S/C19H15N3O2S/c1-12(21-22-19(23)16-6-4-10-24-16)13-8-9-18-15(11-13)20-14-5-2-3-7-17(14)25-18/h2-11,20H,1H3,(H,22,23). The fourth-order valence-corrected chi connectivity index (χ4v) is 3.49. The Morgan fingerprint density at radius 2 is 1.92 bits per heavy atom. The quantitative estimate of drug-likeness (QED) is 0.418. The van der Waals surface area contributed by atoms with Crippen molar-refractivity contribution in [2.45, 2.75) is 16.7 Å². The predicted octanol–water partition coefficient (Wildman–Crippen LogP) is 4.64. The van der Waals surface area contributed by atoms with Crippen LogP contribution < -0.4 is 10.7 Å². The number of nitrogens with one attached hydrogen (secondary N) is 2. The molecule has 4 rings (SSSR count). The molecule has 1 aromatic heterocycles. The zero-order valence-corrected chi connectivity index (χ0v) is 14.3. The van der Waals surface area contributed by atoms with Crippen LogP contribution in [-0.2, 0) is 0 Å². The zero-order valence-electron chi connectivity index (χ0n) is 13.4. The largest absolute Gasteiger partial charge is 0.459 e. The van der Waals surface area contributed by atoms with Gasteiger partial charge in [0, 0.05) is 9.79 Å². The highest BCUT2D eigenvalue weighted by Crippen LogP contribution is 2.44. The topological polar surface area (TPSA) is 66.6 Å². The van der Waals surface area contributed by atoms with Crippen LogP contribution >= 0.6 is 11.8 Å². The Hall–Kier alpha value is -2.99. The lowest BCUT2D eigenvalue weighted by Crippen LogP contribution is -2.18. The van der Waals surface area contributed by atoms with Gasteiger partial charge in [0.2, 0.25) is 0 Å². The van der Waals surface area contributed by atoms with Crippen molar-refractivity contribution in [2.75, 3.05) is 5.32 Å². The highest BCUT2D eigenvalue weighted by atomic mass is 32.2. The minimum absolute atomic E-state index is 0.233. The molecule has 0 saturated carbocycles. The Balaban J connectivity index is 1.54. The number of anilines is 2. The average Bonchev–Trinajstić information content (AvgIpc) is 3.18. The van der Waals surface area contributed by atoms with Crippen LogP contribution in [0, 0.1) is 0 Å². The Labute approximate surface area is 149 Å². The molecular weight excluding hydrogens is 334 g/mol. The molecule has 3 aromatic rings. The first-order valence-electron chi connectivity index (χ1n) is 7.77. The number of nitrogens with zero attached hydrogens (tertiary/aromatic N) is 1. The minimum Gasteiger partial charge on any atom is -0.459 e. The SMILES string of the molecule is CC(=NNC(=O)c1ccco1)c1ccc2c(c1)Nc1ccccc1S2. The molecule has 1 aliphatic rings. The van der Waals surface area contributed by atoms with Crippen molar-refractivity contribution in [3.63, 3.8) is 0 Å². The lowest BCUT2D eigenvalue weighted by atomic mass is 10.1. The van der Waals surface area contributed by atoms with E-state index in [0.717, 1.165) is 21.8 Å². The summed E-state index contributed by atoms with van der Waals surface area (Å²) in [4.78, 5) is 14.3. The average molecular weight is 349 g/mol. The van der Waals surface area contributed by atoms with Crippen LogP contribution in [0.1, 0.15) is 23.0 Å². The molecule has 0 spiro atoms. The van der Waals surface area contributed by atoms with E-state index in [0.29, 0.717) is 5.71 Å². The molecule has 2 heterocycles. The number of fused-ring (bicyclic) bond motifs is 2. The van der Waals surface area contributed by atoms with Gasteiger partial charge in [0.25, 0.3) is 0 Å². The van der Waals surface area contributed by atoms with Gasteiger partial charge in [0.05, 0.1) is 23.3 Å². The number of hydrogen-bond acceptors (Lipinski definition) is 5. The molecule has 0 aliphatic carbocycles. The number of carbonyl (C=O) groups excluding carboxylic acids is 1. The maximum atomic E-state index is 11.9. The van der Waals surface area contributed by atoms with Crippen molar-refractivity contribution in [3.05, 3.63) is 72.2 Å². The molecule has 0 unspecified atom stereocenters. The number of rotatable bonds is 3. The van der Waals surface area contributed by atoms with Crippen molar-refractivity contribution < 1.29 is 9.21 Å². The third kappa shape index (κ3) is 3.16. The summed E-state index contributed by atoms with van der Waals surface area (Å²) in [6.07, 6.45) is 1.45. The third-order valence-corrected chi connectivity index (χ3v) is 5.00. The van der Waals surface area contributed by atoms with Gasteiger partial charge in [-0.2, -0.15) is 5.10 Å².